The van der Waals surface area contributed by atoms with E-state index < -0.39 is 5.97 Å². The maximum Gasteiger partial charge on any atom is 0.328 e. The first-order valence-electron chi connectivity index (χ1n) is 3.62. The van der Waals surface area contributed by atoms with Gasteiger partial charge >= 0.3 is 5.97 Å². The van der Waals surface area contributed by atoms with E-state index in [4.69, 9.17) is 5.11 Å². The SMILES string of the molecule is CC(=O)C=CC=C=CC=CC(=O)O. The van der Waals surface area contributed by atoms with E-state index in [-0.39, 0.29) is 5.78 Å². The van der Waals surface area contributed by atoms with Crippen molar-refractivity contribution in [2.75, 3.05) is 0 Å². The smallest absolute Gasteiger partial charge is 0.328 e. The molecule has 3 heteroatoms. The monoisotopic (exact) mass is 178 g/mol. The van der Waals surface area contributed by atoms with Crippen molar-refractivity contribution in [1.29, 1.82) is 0 Å². The van der Waals surface area contributed by atoms with Gasteiger partial charge in [0.05, 0.1) is 0 Å². The number of aliphatic carboxylic acids is 1. The molecular weight excluding hydrogens is 168 g/mol. The van der Waals surface area contributed by atoms with E-state index in [9.17, 15) is 9.59 Å². The van der Waals surface area contributed by atoms with Gasteiger partial charge in [0, 0.05) is 6.08 Å². The molecule has 0 aliphatic carbocycles. The summed E-state index contributed by atoms with van der Waals surface area (Å²) < 4.78 is 0. The summed E-state index contributed by atoms with van der Waals surface area (Å²) in [6.07, 6.45) is 8.23. The number of carboxylic acid groups (broad SMARTS) is 1. The normalized spacial score (nSPS) is 9.92. The topological polar surface area (TPSA) is 54.4 Å². The summed E-state index contributed by atoms with van der Waals surface area (Å²) in [6.45, 7) is 1.44. The molecule has 0 spiro atoms. The molecule has 13 heavy (non-hydrogen) atoms. The predicted molar refractivity (Wildman–Crippen MR) is 49.2 cm³/mol. The quantitative estimate of drug-likeness (QED) is 0.403. The second-order valence-electron chi connectivity index (χ2n) is 2.17. The highest BCUT2D eigenvalue weighted by Crippen LogP contribution is 1.78. The van der Waals surface area contributed by atoms with Crippen molar-refractivity contribution >= 4 is 11.8 Å². The molecule has 0 aromatic rings. The van der Waals surface area contributed by atoms with Crippen LogP contribution in [-0.4, -0.2) is 16.9 Å². The van der Waals surface area contributed by atoms with E-state index in [2.05, 4.69) is 5.73 Å². The minimum Gasteiger partial charge on any atom is -0.478 e. The number of carboxylic acids is 1. The molecule has 0 aromatic heterocycles. The lowest BCUT2D eigenvalue weighted by atomic mass is 10.4. The Labute approximate surface area is 76.4 Å². The lowest BCUT2D eigenvalue weighted by Gasteiger charge is -1.73. The van der Waals surface area contributed by atoms with Crippen LogP contribution >= 0.6 is 0 Å². The van der Waals surface area contributed by atoms with Crippen molar-refractivity contribution in [3.63, 3.8) is 0 Å². The zero-order valence-corrected chi connectivity index (χ0v) is 7.23. The Morgan fingerprint density at radius 1 is 1.15 bits per heavy atom. The zero-order chi connectivity index (χ0) is 10.1. The average molecular weight is 178 g/mol. The van der Waals surface area contributed by atoms with Crippen LogP contribution in [-0.2, 0) is 9.59 Å². The van der Waals surface area contributed by atoms with Gasteiger partial charge in [-0.05, 0) is 31.2 Å². The third-order valence-corrected chi connectivity index (χ3v) is 0.955. The van der Waals surface area contributed by atoms with Gasteiger partial charge in [-0.1, -0.05) is 6.08 Å². The fraction of sp³-hybridized carbons (Fsp3) is 0.100. The molecule has 0 saturated heterocycles. The number of allylic oxidation sites excluding steroid dienone is 4. The van der Waals surface area contributed by atoms with Crippen molar-refractivity contribution in [2.24, 2.45) is 0 Å². The molecule has 0 fully saturated rings. The number of ketones is 1. The van der Waals surface area contributed by atoms with Crippen LogP contribution in [0.5, 0.6) is 0 Å². The van der Waals surface area contributed by atoms with Crippen LogP contribution < -0.4 is 0 Å². The summed E-state index contributed by atoms with van der Waals surface area (Å²) in [6, 6.07) is 0. The lowest BCUT2D eigenvalue weighted by Crippen LogP contribution is -1.83. The van der Waals surface area contributed by atoms with Gasteiger partial charge in [0.2, 0.25) is 0 Å². The molecule has 1 N–H and O–H groups in total. The Bertz CT molecular complexity index is 274. The highest BCUT2D eigenvalue weighted by Gasteiger charge is 1.79. The van der Waals surface area contributed by atoms with Gasteiger partial charge in [0.1, 0.15) is 0 Å². The van der Waals surface area contributed by atoms with Crippen LogP contribution in [0.15, 0.2) is 42.2 Å². The minimum atomic E-state index is -1.00. The summed E-state index contributed by atoms with van der Waals surface area (Å²) in [7, 11) is 0. The number of carbonyl (C=O) groups excluding carboxylic acids is 1. The first-order chi connectivity index (χ1) is 6.13. The van der Waals surface area contributed by atoms with Crippen LogP contribution in [0.4, 0.5) is 0 Å². The summed E-state index contributed by atoms with van der Waals surface area (Å²) in [4.78, 5) is 20.4. The number of carbonyl (C=O) groups is 2. The molecule has 68 valence electrons. The average Bonchev–Trinajstić information content (AvgIpc) is 2.01. The standard InChI is InChI=1S/C10H10O3/c1-9(11)7-5-3-2-4-6-8-10(12)13/h3-8H,1H3,(H,12,13). The van der Waals surface area contributed by atoms with Gasteiger partial charge in [-0.25, -0.2) is 4.79 Å². The van der Waals surface area contributed by atoms with Gasteiger partial charge < -0.3 is 5.11 Å². The highest BCUT2D eigenvalue weighted by atomic mass is 16.4. The second-order valence-corrected chi connectivity index (χ2v) is 2.17. The first-order valence-corrected chi connectivity index (χ1v) is 3.62. The van der Waals surface area contributed by atoms with E-state index in [1.54, 1.807) is 0 Å². The van der Waals surface area contributed by atoms with Crippen LogP contribution in [0, 0.1) is 0 Å². The molecule has 0 bridgehead atoms. The van der Waals surface area contributed by atoms with Crippen LogP contribution in [0.1, 0.15) is 6.92 Å². The molecular formula is C10H10O3. The van der Waals surface area contributed by atoms with Crippen LogP contribution in [0.25, 0.3) is 0 Å². The van der Waals surface area contributed by atoms with Crippen molar-refractivity contribution in [3.8, 4) is 0 Å². The fourth-order valence-electron chi connectivity index (χ4n) is 0.481. The van der Waals surface area contributed by atoms with E-state index in [1.807, 2.05) is 0 Å². The van der Waals surface area contributed by atoms with Crippen molar-refractivity contribution in [2.45, 2.75) is 6.92 Å². The van der Waals surface area contributed by atoms with Gasteiger partial charge in [0.25, 0.3) is 0 Å². The maximum atomic E-state index is 10.4. The maximum absolute atomic E-state index is 10.4. The Hall–Kier alpha value is -1.86. The Morgan fingerprint density at radius 3 is 2.15 bits per heavy atom. The molecule has 0 atom stereocenters. The van der Waals surface area contributed by atoms with E-state index >= 15 is 0 Å². The van der Waals surface area contributed by atoms with Crippen LogP contribution in [0.2, 0.25) is 0 Å². The number of hydrogen-bond donors (Lipinski definition) is 1. The molecule has 0 aliphatic heterocycles. The molecule has 3 nitrogen and oxygen atoms in total. The second kappa shape index (κ2) is 6.83. The molecule has 0 saturated carbocycles. The Kier molecular flexibility index (Phi) is 5.85. The molecule has 0 amide bonds. The number of rotatable bonds is 4. The Morgan fingerprint density at radius 2 is 1.69 bits per heavy atom. The van der Waals surface area contributed by atoms with Gasteiger partial charge in [-0.2, -0.15) is 0 Å². The largest absolute Gasteiger partial charge is 0.478 e. The highest BCUT2D eigenvalue weighted by molar-refractivity contribution is 5.87. The zero-order valence-electron chi connectivity index (χ0n) is 7.23. The molecule has 0 heterocycles. The molecule has 0 aliphatic rings. The van der Waals surface area contributed by atoms with Crippen molar-refractivity contribution < 1.29 is 14.7 Å². The Balaban J connectivity index is 3.98. The predicted octanol–water partition coefficient (Wildman–Crippen LogP) is 1.48. The van der Waals surface area contributed by atoms with Crippen LogP contribution in [0.3, 0.4) is 0 Å². The molecule has 0 rings (SSSR count). The molecule has 0 unspecified atom stereocenters. The van der Waals surface area contributed by atoms with Crippen molar-refractivity contribution in [3.05, 3.63) is 42.2 Å². The summed E-state index contributed by atoms with van der Waals surface area (Å²) in [5, 5.41) is 8.19. The minimum absolute atomic E-state index is 0.0425. The van der Waals surface area contributed by atoms with E-state index in [1.165, 1.54) is 37.3 Å². The van der Waals surface area contributed by atoms with E-state index in [0.29, 0.717) is 0 Å². The summed E-state index contributed by atoms with van der Waals surface area (Å²) >= 11 is 0. The number of hydrogen-bond acceptors (Lipinski definition) is 2. The van der Waals surface area contributed by atoms with E-state index in [0.717, 1.165) is 6.08 Å². The van der Waals surface area contributed by atoms with Crippen molar-refractivity contribution in [1.82, 2.24) is 0 Å². The third kappa shape index (κ3) is 10.1. The molecule has 0 aromatic carbocycles. The van der Waals surface area contributed by atoms with Gasteiger partial charge in [-0.3, -0.25) is 4.79 Å². The third-order valence-electron chi connectivity index (χ3n) is 0.955. The lowest BCUT2D eigenvalue weighted by molar-refractivity contribution is -0.131. The van der Waals surface area contributed by atoms with Gasteiger partial charge in [0.15, 0.2) is 5.78 Å². The summed E-state index contributed by atoms with van der Waals surface area (Å²) in [5.74, 6) is -1.04. The van der Waals surface area contributed by atoms with Gasteiger partial charge in [-0.15, -0.1) is 5.73 Å². The summed E-state index contributed by atoms with van der Waals surface area (Å²) in [5.41, 5.74) is 2.66. The first kappa shape index (κ1) is 11.1. The molecule has 0 radical (unpaired) electrons. The fourth-order valence-corrected chi connectivity index (χ4v) is 0.481.